The van der Waals surface area contributed by atoms with Crippen molar-refractivity contribution in [2.24, 2.45) is 5.92 Å². The van der Waals surface area contributed by atoms with Gasteiger partial charge < -0.3 is 15.4 Å². The first-order valence-corrected chi connectivity index (χ1v) is 5.79. The molecular formula is C13H18N2O3. The van der Waals surface area contributed by atoms with Crippen LogP contribution in [0.3, 0.4) is 0 Å². The zero-order valence-corrected chi connectivity index (χ0v) is 10.8. The summed E-state index contributed by atoms with van der Waals surface area (Å²) in [7, 11) is 1.41. The molecule has 0 heterocycles. The van der Waals surface area contributed by atoms with Crippen LogP contribution in [0.4, 0.5) is 5.69 Å². The van der Waals surface area contributed by atoms with Gasteiger partial charge in [-0.2, -0.15) is 0 Å². The average Bonchev–Trinajstić information content (AvgIpc) is 2.36. The van der Waals surface area contributed by atoms with Gasteiger partial charge >= 0.3 is 11.8 Å². The molecule has 2 amide bonds. The molecule has 98 valence electrons. The zero-order valence-electron chi connectivity index (χ0n) is 10.8. The lowest BCUT2D eigenvalue weighted by molar-refractivity contribution is -0.135. The monoisotopic (exact) mass is 250 g/mol. The first kappa shape index (κ1) is 14.0. The minimum absolute atomic E-state index is 0.456. The smallest absolute Gasteiger partial charge is 0.313 e. The van der Waals surface area contributed by atoms with E-state index < -0.39 is 11.8 Å². The number of anilines is 1. The molecule has 5 heteroatoms. The topological polar surface area (TPSA) is 67.4 Å². The predicted octanol–water partition coefficient (Wildman–Crippen LogP) is 1.41. The third kappa shape index (κ3) is 4.45. The van der Waals surface area contributed by atoms with Crippen LogP contribution in [0.25, 0.3) is 0 Å². The van der Waals surface area contributed by atoms with Crippen molar-refractivity contribution in [3.8, 4) is 5.75 Å². The van der Waals surface area contributed by atoms with Gasteiger partial charge in [0.25, 0.3) is 0 Å². The molecule has 0 aliphatic rings. The van der Waals surface area contributed by atoms with Crippen molar-refractivity contribution >= 4 is 17.5 Å². The lowest BCUT2D eigenvalue weighted by Gasteiger charge is -2.09. The number of carbonyl (C=O) groups excluding carboxylic acids is 2. The number of rotatable bonds is 4. The summed E-state index contributed by atoms with van der Waals surface area (Å²) in [5, 5.41) is 4.73. The van der Waals surface area contributed by atoms with Crippen molar-refractivity contribution in [1.29, 1.82) is 0 Å². The van der Waals surface area contributed by atoms with E-state index >= 15 is 0 Å². The van der Waals surface area contributed by atoms with E-state index in [2.05, 4.69) is 24.5 Å². The molecule has 0 fully saturated rings. The van der Waals surface area contributed by atoms with Gasteiger partial charge in [-0.05, 0) is 30.2 Å². The first-order valence-electron chi connectivity index (χ1n) is 5.79. The Kier molecular flexibility index (Phi) is 5.17. The third-order valence-electron chi connectivity index (χ3n) is 2.13. The van der Waals surface area contributed by atoms with E-state index in [9.17, 15) is 9.59 Å². The highest BCUT2D eigenvalue weighted by molar-refractivity contribution is 6.39. The highest BCUT2D eigenvalue weighted by atomic mass is 16.5. The average molecular weight is 250 g/mol. The van der Waals surface area contributed by atoms with Crippen LogP contribution in [-0.2, 0) is 9.59 Å². The summed E-state index contributed by atoms with van der Waals surface area (Å²) >= 11 is 0. The third-order valence-corrected chi connectivity index (χ3v) is 2.13. The molecule has 2 N–H and O–H groups in total. The van der Waals surface area contributed by atoms with Crippen LogP contribution in [0.2, 0.25) is 0 Å². The molecule has 1 rings (SSSR count). The largest absolute Gasteiger partial charge is 0.493 e. The Morgan fingerprint density at radius 2 is 1.78 bits per heavy atom. The summed E-state index contributed by atoms with van der Waals surface area (Å²) in [4.78, 5) is 22.3. The summed E-state index contributed by atoms with van der Waals surface area (Å²) in [5.41, 5.74) is 0.556. The molecule has 0 saturated heterocycles. The molecule has 0 saturated carbocycles. The van der Waals surface area contributed by atoms with Gasteiger partial charge in [-0.1, -0.05) is 13.8 Å². The summed E-state index contributed by atoms with van der Waals surface area (Å²) < 4.78 is 5.50. The van der Waals surface area contributed by atoms with E-state index in [1.807, 2.05) is 0 Å². The Balaban J connectivity index is 2.55. The molecule has 0 radical (unpaired) electrons. The molecule has 5 nitrogen and oxygen atoms in total. The van der Waals surface area contributed by atoms with Crippen molar-refractivity contribution in [1.82, 2.24) is 5.32 Å². The van der Waals surface area contributed by atoms with Gasteiger partial charge in [-0.25, -0.2) is 0 Å². The number of nitrogens with one attached hydrogen (secondary N) is 2. The van der Waals surface area contributed by atoms with E-state index in [-0.39, 0.29) is 0 Å². The quantitative estimate of drug-likeness (QED) is 0.794. The van der Waals surface area contributed by atoms with E-state index in [4.69, 9.17) is 4.74 Å². The maximum absolute atomic E-state index is 11.3. The van der Waals surface area contributed by atoms with Crippen molar-refractivity contribution in [2.45, 2.75) is 13.8 Å². The first-order chi connectivity index (χ1) is 8.52. The standard InChI is InChI=1S/C13H18N2O3/c1-9(2)8-18-11-6-4-10(5-7-11)15-13(17)12(16)14-3/h4-7,9H,8H2,1-3H3,(H,14,16)(H,15,17). The SMILES string of the molecule is CNC(=O)C(=O)Nc1ccc(OCC(C)C)cc1. The predicted molar refractivity (Wildman–Crippen MR) is 69.5 cm³/mol. The van der Waals surface area contributed by atoms with Crippen molar-refractivity contribution in [2.75, 3.05) is 19.0 Å². The Morgan fingerprint density at radius 3 is 2.28 bits per heavy atom. The molecule has 1 aromatic rings. The summed E-state index contributed by atoms with van der Waals surface area (Å²) in [6, 6.07) is 6.89. The normalized spacial score (nSPS) is 10.0. The fourth-order valence-corrected chi connectivity index (χ4v) is 1.20. The molecular weight excluding hydrogens is 232 g/mol. The van der Waals surface area contributed by atoms with Crippen LogP contribution < -0.4 is 15.4 Å². The Bertz CT molecular complexity index is 413. The maximum atomic E-state index is 11.3. The molecule has 0 aromatic heterocycles. The van der Waals surface area contributed by atoms with Gasteiger partial charge in [-0.15, -0.1) is 0 Å². The number of hydrogen-bond donors (Lipinski definition) is 2. The van der Waals surface area contributed by atoms with Crippen molar-refractivity contribution < 1.29 is 14.3 Å². The van der Waals surface area contributed by atoms with Crippen molar-refractivity contribution in [3.05, 3.63) is 24.3 Å². The number of benzene rings is 1. The Labute approximate surface area is 107 Å². The highest BCUT2D eigenvalue weighted by Gasteiger charge is 2.10. The minimum atomic E-state index is -0.687. The second-order valence-electron chi connectivity index (χ2n) is 4.26. The van der Waals surface area contributed by atoms with Crippen LogP contribution in [0.1, 0.15) is 13.8 Å². The second-order valence-corrected chi connectivity index (χ2v) is 4.26. The van der Waals surface area contributed by atoms with Crippen LogP contribution >= 0.6 is 0 Å². The molecule has 18 heavy (non-hydrogen) atoms. The minimum Gasteiger partial charge on any atom is -0.493 e. The van der Waals surface area contributed by atoms with Crippen LogP contribution in [0.5, 0.6) is 5.75 Å². The van der Waals surface area contributed by atoms with E-state index in [0.717, 1.165) is 5.75 Å². The van der Waals surface area contributed by atoms with Gasteiger partial charge in [0.1, 0.15) is 5.75 Å². The summed E-state index contributed by atoms with van der Waals surface area (Å²) in [6.07, 6.45) is 0. The molecule has 0 bridgehead atoms. The van der Waals surface area contributed by atoms with Crippen LogP contribution in [0.15, 0.2) is 24.3 Å². The number of hydrogen-bond acceptors (Lipinski definition) is 3. The molecule has 0 atom stereocenters. The summed E-state index contributed by atoms with van der Waals surface area (Å²) in [6.45, 7) is 4.78. The molecule has 1 aromatic carbocycles. The lowest BCUT2D eigenvalue weighted by Crippen LogP contribution is -2.32. The number of carbonyl (C=O) groups is 2. The molecule has 0 aliphatic heterocycles. The van der Waals surface area contributed by atoms with Gasteiger partial charge in [0.05, 0.1) is 6.61 Å². The maximum Gasteiger partial charge on any atom is 0.313 e. The highest BCUT2D eigenvalue weighted by Crippen LogP contribution is 2.16. The van der Waals surface area contributed by atoms with E-state index in [0.29, 0.717) is 18.2 Å². The summed E-state index contributed by atoms with van der Waals surface area (Å²) in [5.74, 6) is -0.164. The lowest BCUT2D eigenvalue weighted by atomic mass is 10.2. The number of amides is 2. The fourth-order valence-electron chi connectivity index (χ4n) is 1.20. The van der Waals surface area contributed by atoms with Gasteiger partial charge in [0.15, 0.2) is 0 Å². The van der Waals surface area contributed by atoms with Gasteiger partial charge in [-0.3, -0.25) is 9.59 Å². The Hall–Kier alpha value is -2.04. The fraction of sp³-hybridized carbons (Fsp3) is 0.385. The van der Waals surface area contributed by atoms with E-state index in [1.54, 1.807) is 24.3 Å². The van der Waals surface area contributed by atoms with Crippen LogP contribution in [-0.4, -0.2) is 25.5 Å². The Morgan fingerprint density at radius 1 is 1.17 bits per heavy atom. The van der Waals surface area contributed by atoms with Crippen molar-refractivity contribution in [3.63, 3.8) is 0 Å². The molecule has 0 aliphatic carbocycles. The molecule has 0 unspecified atom stereocenters. The zero-order chi connectivity index (χ0) is 13.5. The van der Waals surface area contributed by atoms with Gasteiger partial charge in [0.2, 0.25) is 0 Å². The second kappa shape index (κ2) is 6.64. The number of likely N-dealkylation sites (N-methyl/N-ethyl adjacent to an activating group) is 1. The number of ether oxygens (including phenoxy) is 1. The molecule has 0 spiro atoms. The van der Waals surface area contributed by atoms with E-state index in [1.165, 1.54) is 7.05 Å². The van der Waals surface area contributed by atoms with Crippen LogP contribution in [0, 0.1) is 5.92 Å². The van der Waals surface area contributed by atoms with Gasteiger partial charge in [0, 0.05) is 12.7 Å².